The molecule has 17 heteroatoms. The van der Waals surface area contributed by atoms with E-state index in [1.165, 1.54) is 81.7 Å². The van der Waals surface area contributed by atoms with E-state index in [0.717, 1.165) is 149 Å². The number of alkyl halides is 2. The molecule has 1 heterocycles. The molecule has 0 unspecified atom stereocenters. The van der Waals surface area contributed by atoms with Crippen molar-refractivity contribution in [1.82, 2.24) is 5.32 Å². The van der Waals surface area contributed by atoms with E-state index in [4.69, 9.17) is 0 Å². The van der Waals surface area contributed by atoms with Crippen LogP contribution in [0, 0.1) is 83.7 Å². The first-order chi connectivity index (χ1) is 62.2. The second kappa shape index (κ2) is 34.9. The first-order valence-electron chi connectivity index (χ1n) is 41.7. The second-order valence-electron chi connectivity index (χ2n) is 32.5. The van der Waals surface area contributed by atoms with Gasteiger partial charge < -0.3 is 27.6 Å². The van der Waals surface area contributed by atoms with Gasteiger partial charge in [0.25, 0.3) is 0 Å². The highest BCUT2D eigenvalue weighted by Gasteiger charge is 2.30. The van der Waals surface area contributed by atoms with E-state index < -0.39 is 69.8 Å². The zero-order valence-electron chi connectivity index (χ0n) is 68.9. The molecule has 22 rings (SSSR count). The summed E-state index contributed by atoms with van der Waals surface area (Å²) in [6, 6.07) is 93.5. The van der Waals surface area contributed by atoms with Crippen molar-refractivity contribution in [3.8, 4) is 77.9 Å². The molecule has 0 amide bonds. The van der Waals surface area contributed by atoms with Crippen LogP contribution >= 0.6 is 31.9 Å². The third-order valence-corrected chi connectivity index (χ3v) is 26.4. The maximum atomic E-state index is 15.2. The number of fused-ring (bicyclic) bond motifs is 13. The highest BCUT2D eigenvalue weighted by molar-refractivity contribution is 9.08. The Balaban J connectivity index is 0.000000140. The average Bonchev–Trinajstić information content (AvgIpc) is 0.773. The molecule has 21 aromatic rings. The van der Waals surface area contributed by atoms with Crippen molar-refractivity contribution in [1.29, 1.82) is 0 Å². The molecule has 3 N–H and O–H groups in total. The van der Waals surface area contributed by atoms with E-state index in [9.17, 15) is 43.9 Å². The van der Waals surface area contributed by atoms with Crippen molar-refractivity contribution in [2.45, 2.75) is 50.7 Å². The predicted octanol–water partition coefficient (Wildman–Crippen LogP) is 28.6. The van der Waals surface area contributed by atoms with Gasteiger partial charge in [-0.3, -0.25) is 0 Å². The fourth-order valence-corrected chi connectivity index (χ4v) is 20.7. The second-order valence-corrected chi connectivity index (χ2v) is 33.7. The lowest BCUT2D eigenvalue weighted by Gasteiger charge is -2.23. The summed E-state index contributed by atoms with van der Waals surface area (Å²) in [5.74, 6) is -16.7. The molecule has 634 valence electrons. The third-order valence-electron chi connectivity index (χ3n) is 25.3. The van der Waals surface area contributed by atoms with Crippen LogP contribution in [0.5, 0.6) is 0 Å². The molecule has 21 aromatic carbocycles. The summed E-state index contributed by atoms with van der Waals surface area (Å²) in [5.41, 5.74) is 16.1. The monoisotopic (exact) mass is 1910 g/mol. The van der Waals surface area contributed by atoms with Gasteiger partial charge in [-0.2, -0.15) is 0 Å². The summed E-state index contributed by atoms with van der Waals surface area (Å²) in [6.45, 7) is 6.69. The smallest absolute Gasteiger partial charge is 0.194 e. The van der Waals surface area contributed by atoms with E-state index in [1.54, 1.807) is 12.1 Å². The highest BCUT2D eigenvalue weighted by Crippen LogP contribution is 2.52. The quantitative estimate of drug-likeness (QED) is 0.0412. The van der Waals surface area contributed by atoms with Gasteiger partial charge in [-0.15, -0.1) is 0 Å². The minimum atomic E-state index is -1.56. The molecular formula is C112H71Br3F12N2. The van der Waals surface area contributed by atoms with Crippen LogP contribution in [-0.4, -0.2) is 0 Å². The molecule has 0 spiro atoms. The predicted molar refractivity (Wildman–Crippen MR) is 504 cm³/mol. The molecular weight excluding hydrogens is 1840 g/mol. The normalized spacial score (nSPS) is 12.0. The Kier molecular flexibility index (Phi) is 23.1. The van der Waals surface area contributed by atoms with Crippen molar-refractivity contribution < 1.29 is 75.0 Å². The Bertz CT molecular complexity index is 7870. The van der Waals surface area contributed by atoms with Crippen LogP contribution in [0.2, 0.25) is 0 Å². The number of halogens is 15. The molecule has 1 aliphatic rings. The Hall–Kier alpha value is -13.0. The fraction of sp³-hybridized carbons (Fsp3) is 0.0714. The van der Waals surface area contributed by atoms with Crippen LogP contribution in [0.3, 0.4) is 0 Å². The molecule has 0 fully saturated rings. The maximum absolute atomic E-state index is 15.2. The van der Waals surface area contributed by atoms with Gasteiger partial charge in [0.1, 0.15) is 13.1 Å². The number of nitrogens with two attached hydrogens (primary N) is 1. The lowest BCUT2D eigenvalue weighted by Crippen LogP contribution is -3.00. The lowest BCUT2D eigenvalue weighted by atomic mass is 9.81. The Morgan fingerprint density at radius 3 is 0.946 bits per heavy atom. The zero-order valence-corrected chi connectivity index (χ0v) is 73.6. The van der Waals surface area contributed by atoms with Crippen LogP contribution < -0.4 is 27.6 Å². The van der Waals surface area contributed by atoms with Crippen molar-refractivity contribution in [3.63, 3.8) is 0 Å². The molecule has 0 aromatic heterocycles. The summed E-state index contributed by atoms with van der Waals surface area (Å²) >= 11 is 7.16. The molecule has 0 saturated heterocycles. The highest BCUT2D eigenvalue weighted by atomic mass is 79.9. The third kappa shape index (κ3) is 15.0. The molecule has 0 bridgehead atoms. The van der Waals surface area contributed by atoms with Crippen LogP contribution in [0.25, 0.3) is 186 Å². The standard InChI is InChI=1S/C56H35F6N.C34H18Br2F6.C22H17N.BrH/c1-29-17-18-31-11-7-15-40-41-16-8-12-32-19-20-35(53(52(32)41)49(29)51(31)40)27-63-28-44-43(37-25-47(59)56(62)48(60)26-37)22-34-10-4-6-14-39(34)54(44)50-30(2)42(21-33-9-3-5-13-38(33)50)36-23-45(57)55(61)46(58)24-36;35-15-25-23(19-11-27(37)33(41)28(38)12-19)9-17-5-1-3-7-21(17)31(25)32-22-8-4-2-6-18(22)10-24(26(32)16-36)20-13-29(39)34(42)30(40)14-20;1-3-7-19-15(5-1)9-11-17-13-23-14-18-12-10-16-6-2-4-8-20(16)22(18)21(17)19;/h3-26,63H,27-28H2,1-2H3;1-14H,15-16H2;1-12,23H,13-14H2;1H. The number of hydrogen-bond donors (Lipinski definition) is 2. The van der Waals surface area contributed by atoms with Gasteiger partial charge in [-0.25, -0.2) is 52.7 Å². The topological polar surface area (TPSA) is 28.6 Å². The minimum Gasteiger partial charge on any atom is -1.00 e. The molecule has 0 saturated carbocycles. The van der Waals surface area contributed by atoms with E-state index in [2.05, 4.69) is 183 Å². The maximum Gasteiger partial charge on any atom is 0.194 e. The van der Waals surface area contributed by atoms with Gasteiger partial charge in [0.15, 0.2) is 69.8 Å². The molecule has 0 atom stereocenters. The summed E-state index contributed by atoms with van der Waals surface area (Å²) in [6.07, 6.45) is 0. The van der Waals surface area contributed by atoms with Crippen molar-refractivity contribution in [2.24, 2.45) is 0 Å². The van der Waals surface area contributed by atoms with Crippen LogP contribution in [0.15, 0.2) is 303 Å². The number of rotatable bonds is 12. The van der Waals surface area contributed by atoms with Gasteiger partial charge in [-0.1, -0.05) is 262 Å². The molecule has 1 aliphatic heterocycles. The van der Waals surface area contributed by atoms with Gasteiger partial charge >= 0.3 is 0 Å². The summed E-state index contributed by atoms with van der Waals surface area (Å²) in [7, 11) is 0. The lowest BCUT2D eigenvalue weighted by molar-refractivity contribution is -0.685. The van der Waals surface area contributed by atoms with Crippen LogP contribution in [-0.2, 0) is 36.8 Å². The van der Waals surface area contributed by atoms with Gasteiger partial charge in [-0.05, 0) is 306 Å². The summed E-state index contributed by atoms with van der Waals surface area (Å²) in [4.78, 5) is 0. The van der Waals surface area contributed by atoms with Gasteiger partial charge in [0.2, 0.25) is 0 Å². The first kappa shape index (κ1) is 85.4. The molecule has 2 nitrogen and oxygen atoms in total. The number of aryl methyl sites for hydroxylation is 1. The molecule has 0 radical (unpaired) electrons. The fourth-order valence-electron chi connectivity index (χ4n) is 19.6. The molecule has 0 aliphatic carbocycles. The van der Waals surface area contributed by atoms with Gasteiger partial charge in [0, 0.05) is 34.9 Å². The van der Waals surface area contributed by atoms with Gasteiger partial charge in [0.05, 0.1) is 0 Å². The Morgan fingerprint density at radius 2 is 0.558 bits per heavy atom. The van der Waals surface area contributed by atoms with E-state index in [1.807, 2.05) is 116 Å². The van der Waals surface area contributed by atoms with Crippen molar-refractivity contribution >= 4 is 140 Å². The van der Waals surface area contributed by atoms with E-state index >= 15 is 8.78 Å². The van der Waals surface area contributed by atoms with Crippen LogP contribution in [0.1, 0.15) is 44.5 Å². The largest absolute Gasteiger partial charge is 1.00 e. The minimum absolute atomic E-state index is 0. The van der Waals surface area contributed by atoms with Crippen molar-refractivity contribution in [2.75, 3.05) is 0 Å². The average molecular weight is 1910 g/mol. The SMILES string of the molecule is Cc1c(-c2cc(F)c(F)c(F)c2)cc2ccccc2c1-c1c(C[NH2+]Cc2ccc3cccc4c5cccc6ccc(C)c(c2c34)c65)c(-c2cc(F)c(F)c(F)c2)cc2ccccc12.Fc1cc(-c2cc3ccccc3c(-c3c(CBr)c(-c4cc(F)c(F)c(F)c4)cc4ccccc34)c2CBr)cc(F)c1F.[Br-].c1ccc2c3c(ccc2c1)CNCc1ccc2ccccc2c1-3. The molecule has 129 heavy (non-hydrogen) atoms. The van der Waals surface area contributed by atoms with E-state index in [0.29, 0.717) is 52.0 Å². The summed E-state index contributed by atoms with van der Waals surface area (Å²) < 4.78 is 175. The Labute approximate surface area is 760 Å². The number of nitrogens with one attached hydrogen (secondary N) is 1. The number of hydrogen-bond acceptors (Lipinski definition) is 1. The number of benzene rings is 21. The van der Waals surface area contributed by atoms with Crippen LogP contribution in [0.4, 0.5) is 52.7 Å². The summed E-state index contributed by atoms with van der Waals surface area (Å²) in [5, 5.41) is 27.4. The van der Waals surface area contributed by atoms with Crippen molar-refractivity contribution in [3.05, 3.63) is 418 Å². The number of quaternary nitrogens is 1. The Morgan fingerprint density at radius 1 is 0.264 bits per heavy atom. The van der Waals surface area contributed by atoms with E-state index in [-0.39, 0.29) is 49.9 Å². The zero-order chi connectivity index (χ0) is 88.2. The first-order valence-corrected chi connectivity index (χ1v) is 44.0.